The van der Waals surface area contributed by atoms with Gasteiger partial charge in [0.15, 0.2) is 12.6 Å². The molecule has 0 bridgehead atoms. The predicted octanol–water partition coefficient (Wildman–Crippen LogP) is 8.63. The second kappa shape index (κ2) is 53.3. The topological polar surface area (TPSA) is 373 Å². The number of aliphatic hydroxyl groups excluding tert-OH is 11. The quantitative estimate of drug-likeness (QED) is 0.0200. The lowest BCUT2D eigenvalue weighted by atomic mass is 9.88. The maximum Gasteiger partial charge on any atom is 0.364 e. The fourth-order valence-corrected chi connectivity index (χ4v) is 13.4. The Morgan fingerprint density at radius 1 is 0.531 bits per heavy atom. The highest BCUT2D eigenvalue weighted by Crippen LogP contribution is 2.39. The smallest absolute Gasteiger partial charge is 0.364 e. The molecule has 3 saturated heterocycles. The summed E-state index contributed by atoms with van der Waals surface area (Å²) < 4.78 is 34.8. The van der Waals surface area contributed by atoms with Crippen molar-refractivity contribution in [1.82, 2.24) is 10.6 Å². The first kappa shape index (κ1) is 87.7. The number of unbranched alkanes of at least 4 members (excludes halogenated alkanes) is 37. The van der Waals surface area contributed by atoms with Crippen molar-refractivity contribution in [3.8, 4) is 0 Å². The molecule has 14 N–H and O–H groups in total. The van der Waals surface area contributed by atoms with Gasteiger partial charge in [-0.2, -0.15) is 0 Å². The molecule has 96 heavy (non-hydrogen) atoms. The minimum Gasteiger partial charge on any atom is -0.477 e. The first-order valence-corrected chi connectivity index (χ1v) is 38.0. The molecular weight excluding hydrogens is 1240 g/mol. The molecule has 3 rings (SSSR count). The summed E-state index contributed by atoms with van der Waals surface area (Å²) in [6.45, 7) is 2.19. The summed E-state index contributed by atoms with van der Waals surface area (Å²) in [5.41, 5.74) is 0. The molecule has 564 valence electrons. The zero-order valence-electron chi connectivity index (χ0n) is 59.2. The van der Waals surface area contributed by atoms with E-state index < -0.39 is 148 Å². The van der Waals surface area contributed by atoms with Crippen molar-refractivity contribution in [3.05, 3.63) is 12.2 Å². The van der Waals surface area contributed by atoms with Gasteiger partial charge in [0.25, 0.3) is 5.79 Å². The third-order valence-corrected chi connectivity index (χ3v) is 19.5. The molecule has 2 amide bonds. The van der Waals surface area contributed by atoms with Crippen LogP contribution >= 0.6 is 0 Å². The summed E-state index contributed by atoms with van der Waals surface area (Å²) in [5, 5.41) is 136. The van der Waals surface area contributed by atoms with Crippen LogP contribution in [0.3, 0.4) is 0 Å². The van der Waals surface area contributed by atoms with E-state index in [1.807, 2.05) is 0 Å². The van der Waals surface area contributed by atoms with Crippen LogP contribution in [0.5, 0.6) is 0 Å². The standard InChI is InChI=1S/C73H136N2O21/c1-4-6-8-10-12-14-15-16-17-18-19-20-21-22-23-24-25-26-27-28-29-30-31-32-33-34-35-36-37-39-41-43-45-47-60(83)75-54(55(80)46-44-42-40-38-13-11-9-7-5-2)52-91-70-65(87)64(86)67(59(51-78)93-70)94-71-66(88)69(63(85)58(50-77)92-71)96-73(72(89)90)48-56(81)61(74-53(3)79)68(95-73)62(84)57(82)49-76/h22-23,54-59,61-71,76-78,80-82,84-88H,4-21,24-52H2,1-3H3,(H,74,79)(H,75,83)(H,89,90)/b23-22-. The van der Waals surface area contributed by atoms with Gasteiger partial charge in [0, 0.05) is 19.8 Å². The van der Waals surface area contributed by atoms with E-state index in [4.69, 9.17) is 28.4 Å². The van der Waals surface area contributed by atoms with E-state index in [9.17, 15) is 75.7 Å². The first-order valence-electron chi connectivity index (χ1n) is 38.0. The van der Waals surface area contributed by atoms with Crippen LogP contribution in [0.4, 0.5) is 0 Å². The zero-order valence-corrected chi connectivity index (χ0v) is 59.2. The summed E-state index contributed by atoms with van der Waals surface area (Å²) in [6, 6.07) is -2.52. The number of hydrogen-bond donors (Lipinski definition) is 14. The number of carboxylic acids is 1. The summed E-state index contributed by atoms with van der Waals surface area (Å²) in [6.07, 6.45) is 25.6. The molecule has 3 aliphatic heterocycles. The van der Waals surface area contributed by atoms with Crippen molar-refractivity contribution < 1.29 is 104 Å². The Morgan fingerprint density at radius 3 is 1.41 bits per heavy atom. The van der Waals surface area contributed by atoms with Gasteiger partial charge < -0.3 is 100 Å². The number of amides is 2. The summed E-state index contributed by atoms with van der Waals surface area (Å²) in [5.74, 6) is -6.10. The van der Waals surface area contributed by atoms with Gasteiger partial charge in [-0.05, 0) is 38.5 Å². The summed E-state index contributed by atoms with van der Waals surface area (Å²) in [7, 11) is 0. The Hall–Kier alpha value is -2.53. The molecule has 18 unspecified atom stereocenters. The number of carboxylic acid groups (broad SMARTS) is 1. The third-order valence-electron chi connectivity index (χ3n) is 19.5. The SMILES string of the molecule is CCCCCCCCCCCCCC/C=C\CCCCCCCCCCCCCCCCCCCC(=O)NC(COC1OC(CO)C(OC2OC(CO)C(O)C(OC3(C(=O)O)CC(O)C(NC(C)=O)C(C(O)C(O)CO)O3)C2O)C(O)C1O)C(O)CCCCCCCCCCC. The van der Waals surface area contributed by atoms with Gasteiger partial charge in [0.05, 0.1) is 50.7 Å². The van der Waals surface area contributed by atoms with E-state index in [0.29, 0.717) is 19.3 Å². The van der Waals surface area contributed by atoms with Crippen molar-refractivity contribution in [1.29, 1.82) is 0 Å². The molecule has 0 saturated carbocycles. The number of aliphatic hydroxyl groups is 11. The fourth-order valence-electron chi connectivity index (χ4n) is 13.4. The van der Waals surface area contributed by atoms with Crippen LogP contribution in [0, 0.1) is 0 Å². The molecule has 3 heterocycles. The van der Waals surface area contributed by atoms with E-state index in [1.54, 1.807) is 0 Å². The second-order valence-corrected chi connectivity index (χ2v) is 27.9. The molecule has 23 nitrogen and oxygen atoms in total. The number of aliphatic carboxylic acids is 1. The second-order valence-electron chi connectivity index (χ2n) is 27.9. The van der Waals surface area contributed by atoms with E-state index in [-0.39, 0.29) is 18.9 Å². The summed E-state index contributed by atoms with van der Waals surface area (Å²) >= 11 is 0. The molecular formula is C73H136N2O21. The Bertz CT molecular complexity index is 1980. The average molecular weight is 1380 g/mol. The number of allylic oxidation sites excluding steroid dienone is 2. The van der Waals surface area contributed by atoms with E-state index in [1.165, 1.54) is 193 Å². The lowest BCUT2D eigenvalue weighted by Crippen LogP contribution is -2.70. The minimum absolute atomic E-state index is 0.226. The maximum atomic E-state index is 13.5. The van der Waals surface area contributed by atoms with E-state index >= 15 is 0 Å². The largest absolute Gasteiger partial charge is 0.477 e. The first-order chi connectivity index (χ1) is 46.4. The molecule has 3 aliphatic rings. The number of rotatable bonds is 59. The van der Waals surface area contributed by atoms with Gasteiger partial charge in [-0.1, -0.05) is 251 Å². The Morgan fingerprint density at radius 2 is 0.969 bits per heavy atom. The van der Waals surface area contributed by atoms with Crippen LogP contribution in [0.25, 0.3) is 0 Å². The highest BCUT2D eigenvalue weighted by atomic mass is 16.8. The van der Waals surface area contributed by atoms with Crippen LogP contribution < -0.4 is 10.6 Å². The van der Waals surface area contributed by atoms with Crippen molar-refractivity contribution in [2.75, 3.05) is 26.4 Å². The Labute approximate surface area is 575 Å². The molecule has 0 spiro atoms. The van der Waals surface area contributed by atoms with Crippen molar-refractivity contribution in [2.24, 2.45) is 0 Å². The van der Waals surface area contributed by atoms with Crippen LogP contribution in [-0.4, -0.2) is 215 Å². The molecule has 23 heteroatoms. The predicted molar refractivity (Wildman–Crippen MR) is 366 cm³/mol. The monoisotopic (exact) mass is 1380 g/mol. The number of carbonyl (C=O) groups excluding carboxylic acids is 2. The van der Waals surface area contributed by atoms with Crippen LogP contribution in [0.15, 0.2) is 12.2 Å². The Balaban J connectivity index is 1.42. The van der Waals surface area contributed by atoms with Gasteiger partial charge in [0.1, 0.15) is 67.1 Å². The van der Waals surface area contributed by atoms with E-state index in [2.05, 4.69) is 36.6 Å². The fraction of sp³-hybridized carbons (Fsp3) is 0.932. The molecule has 0 aromatic carbocycles. The van der Waals surface area contributed by atoms with Crippen LogP contribution in [0.1, 0.15) is 297 Å². The van der Waals surface area contributed by atoms with Crippen molar-refractivity contribution in [2.45, 2.75) is 407 Å². The number of carbonyl (C=O) groups is 3. The highest BCUT2D eigenvalue weighted by Gasteiger charge is 2.60. The highest BCUT2D eigenvalue weighted by molar-refractivity contribution is 5.77. The van der Waals surface area contributed by atoms with Gasteiger partial charge in [-0.15, -0.1) is 0 Å². The normalized spacial score (nSPS) is 27.6. The molecule has 0 aromatic heterocycles. The van der Waals surface area contributed by atoms with Gasteiger partial charge >= 0.3 is 5.97 Å². The van der Waals surface area contributed by atoms with E-state index in [0.717, 1.165) is 58.3 Å². The number of nitrogens with one attached hydrogen (secondary N) is 2. The zero-order chi connectivity index (χ0) is 70.4. The molecule has 0 aliphatic carbocycles. The maximum absolute atomic E-state index is 13.5. The lowest BCUT2D eigenvalue weighted by molar-refractivity contribution is -0.386. The van der Waals surface area contributed by atoms with Crippen LogP contribution in [-0.2, 0) is 42.8 Å². The molecule has 0 radical (unpaired) electrons. The Kier molecular flexibility index (Phi) is 48.7. The van der Waals surface area contributed by atoms with Crippen LogP contribution in [0.2, 0.25) is 0 Å². The number of hydrogen-bond acceptors (Lipinski definition) is 20. The van der Waals surface area contributed by atoms with Gasteiger partial charge in [-0.25, -0.2) is 4.79 Å². The molecule has 18 atom stereocenters. The number of ether oxygens (including phenoxy) is 6. The third kappa shape index (κ3) is 34.4. The summed E-state index contributed by atoms with van der Waals surface area (Å²) in [4.78, 5) is 38.5. The molecule has 3 fully saturated rings. The van der Waals surface area contributed by atoms with Crippen molar-refractivity contribution in [3.63, 3.8) is 0 Å². The molecule has 0 aromatic rings. The van der Waals surface area contributed by atoms with Gasteiger partial charge in [-0.3, -0.25) is 9.59 Å². The average Bonchev–Trinajstić information content (AvgIpc) is 0.756. The van der Waals surface area contributed by atoms with Crippen molar-refractivity contribution >= 4 is 17.8 Å². The van der Waals surface area contributed by atoms with Gasteiger partial charge in [0.2, 0.25) is 11.8 Å². The minimum atomic E-state index is -3.08. The lowest BCUT2D eigenvalue weighted by Gasteiger charge is -2.50.